The van der Waals surface area contributed by atoms with E-state index in [4.69, 9.17) is 4.74 Å². The van der Waals surface area contributed by atoms with E-state index in [1.54, 1.807) is 24.3 Å². The molecule has 1 aliphatic rings. The molecule has 0 saturated carbocycles. The van der Waals surface area contributed by atoms with E-state index >= 15 is 0 Å². The topological polar surface area (TPSA) is 97.8 Å². The first-order valence-electron chi connectivity index (χ1n) is 9.56. The fourth-order valence-corrected chi connectivity index (χ4v) is 5.11. The number of ketones is 1. The van der Waals surface area contributed by atoms with E-state index in [9.17, 15) is 22.8 Å². The lowest BCUT2D eigenvalue weighted by Crippen LogP contribution is -2.44. The second-order valence-electron chi connectivity index (χ2n) is 7.33. The molecule has 1 fully saturated rings. The summed E-state index contributed by atoms with van der Waals surface area (Å²) >= 11 is 0. The Morgan fingerprint density at radius 1 is 0.967 bits per heavy atom. The number of sulfone groups is 1. The first kappa shape index (κ1) is 21.7. The van der Waals surface area contributed by atoms with E-state index in [1.807, 2.05) is 6.07 Å². The van der Waals surface area contributed by atoms with Crippen LogP contribution in [-0.4, -0.2) is 61.7 Å². The van der Waals surface area contributed by atoms with E-state index in [-0.39, 0.29) is 22.9 Å². The van der Waals surface area contributed by atoms with E-state index in [2.05, 4.69) is 0 Å². The number of likely N-dealkylation sites (N-methyl/N-ethyl adjacent to an activating group) is 1. The van der Waals surface area contributed by atoms with Gasteiger partial charge in [-0.25, -0.2) is 13.2 Å². The zero-order valence-corrected chi connectivity index (χ0v) is 17.6. The van der Waals surface area contributed by atoms with Crippen LogP contribution in [-0.2, 0) is 19.4 Å². The first-order valence-corrected chi connectivity index (χ1v) is 11.4. The molecule has 2 atom stereocenters. The zero-order chi connectivity index (χ0) is 21.9. The van der Waals surface area contributed by atoms with Gasteiger partial charge in [0.1, 0.15) is 0 Å². The molecule has 30 heavy (non-hydrogen) atoms. The van der Waals surface area contributed by atoms with Gasteiger partial charge in [-0.3, -0.25) is 9.59 Å². The van der Waals surface area contributed by atoms with Crippen molar-refractivity contribution in [1.82, 2.24) is 4.90 Å². The molecule has 0 unspecified atom stereocenters. The first-order chi connectivity index (χ1) is 14.2. The smallest absolute Gasteiger partial charge is 0.338 e. The van der Waals surface area contributed by atoms with Gasteiger partial charge in [0.15, 0.2) is 21.7 Å². The maximum Gasteiger partial charge on any atom is 0.338 e. The summed E-state index contributed by atoms with van der Waals surface area (Å²) in [4.78, 5) is 38.7. The van der Waals surface area contributed by atoms with Crippen molar-refractivity contribution < 1.29 is 27.5 Å². The molecule has 7 nitrogen and oxygen atoms in total. The Kier molecular flexibility index (Phi) is 6.36. The summed E-state index contributed by atoms with van der Waals surface area (Å²) in [5.41, 5.74) is 1.19. The molecule has 0 spiro atoms. The van der Waals surface area contributed by atoms with Crippen LogP contribution in [0.5, 0.6) is 0 Å². The van der Waals surface area contributed by atoms with E-state index in [1.165, 1.54) is 43.1 Å². The minimum Gasteiger partial charge on any atom is -0.449 e. The Morgan fingerprint density at radius 2 is 1.53 bits per heavy atom. The average molecular weight is 429 g/mol. The summed E-state index contributed by atoms with van der Waals surface area (Å²) in [5, 5.41) is 0. The normalized spacial score (nSPS) is 18.4. The van der Waals surface area contributed by atoms with Gasteiger partial charge in [-0.2, -0.15) is 0 Å². The molecule has 3 rings (SSSR count). The van der Waals surface area contributed by atoms with Crippen LogP contribution >= 0.6 is 0 Å². The molecule has 8 heteroatoms. The Balaban J connectivity index is 1.61. The van der Waals surface area contributed by atoms with Crippen molar-refractivity contribution in [3.05, 3.63) is 71.3 Å². The highest BCUT2D eigenvalue weighted by atomic mass is 32.2. The van der Waals surface area contributed by atoms with Crippen LogP contribution in [0, 0.1) is 0 Å². The summed E-state index contributed by atoms with van der Waals surface area (Å²) in [6, 6.07) is 14.4. The van der Waals surface area contributed by atoms with E-state index < -0.39 is 33.9 Å². The number of hydrogen-bond donors (Lipinski definition) is 0. The predicted molar refractivity (Wildman–Crippen MR) is 111 cm³/mol. The lowest BCUT2D eigenvalue weighted by atomic mass is 10.0. The molecule has 1 saturated heterocycles. The minimum absolute atomic E-state index is 0.0531. The van der Waals surface area contributed by atoms with Crippen LogP contribution < -0.4 is 0 Å². The van der Waals surface area contributed by atoms with Crippen molar-refractivity contribution in [3.8, 4) is 0 Å². The van der Waals surface area contributed by atoms with Gasteiger partial charge in [-0.05, 0) is 25.5 Å². The van der Waals surface area contributed by atoms with Gasteiger partial charge in [0, 0.05) is 24.2 Å². The average Bonchev–Trinajstić information content (AvgIpc) is 3.12. The molecule has 0 N–H and O–H groups in total. The van der Waals surface area contributed by atoms with Gasteiger partial charge in [0.25, 0.3) is 5.91 Å². The minimum atomic E-state index is -3.13. The Labute approximate surface area is 175 Å². The maximum atomic E-state index is 12.5. The van der Waals surface area contributed by atoms with Gasteiger partial charge < -0.3 is 9.64 Å². The standard InChI is InChI=1S/C22H23NO6S/c1-15(21(25)23(2)19-12-13-30(27,28)14-19)29-22(26)18-10-8-17(9-11-18)20(24)16-6-4-3-5-7-16/h3-11,15,19H,12-14H2,1-2H3/t15-,19+/m1/s1. The third kappa shape index (κ3) is 4.94. The number of carbonyl (C=O) groups is 3. The Bertz CT molecular complexity index is 1050. The van der Waals surface area contributed by atoms with Crippen molar-refractivity contribution in [1.29, 1.82) is 0 Å². The number of carbonyl (C=O) groups excluding carboxylic acids is 3. The Morgan fingerprint density at radius 3 is 2.10 bits per heavy atom. The molecule has 1 heterocycles. The van der Waals surface area contributed by atoms with Crippen LogP contribution in [0.15, 0.2) is 54.6 Å². The highest BCUT2D eigenvalue weighted by Gasteiger charge is 2.35. The summed E-state index contributed by atoms with van der Waals surface area (Å²) in [6.45, 7) is 1.45. The molecule has 0 aromatic heterocycles. The third-order valence-corrected chi connectivity index (χ3v) is 6.90. The lowest BCUT2D eigenvalue weighted by molar-refractivity contribution is -0.140. The molecule has 1 amide bonds. The largest absolute Gasteiger partial charge is 0.449 e. The summed E-state index contributed by atoms with van der Waals surface area (Å²) in [5.74, 6) is -1.33. The number of esters is 1. The molecular weight excluding hydrogens is 406 g/mol. The number of rotatable bonds is 6. The number of nitrogens with zero attached hydrogens (tertiary/aromatic N) is 1. The van der Waals surface area contributed by atoms with Gasteiger partial charge in [0.2, 0.25) is 0 Å². The summed E-state index contributed by atoms with van der Waals surface area (Å²) in [6.07, 6.45) is -0.682. The number of benzene rings is 2. The summed E-state index contributed by atoms with van der Waals surface area (Å²) < 4.78 is 28.5. The number of amides is 1. The van der Waals surface area contributed by atoms with Crippen LogP contribution in [0.2, 0.25) is 0 Å². The van der Waals surface area contributed by atoms with E-state index in [0.29, 0.717) is 17.5 Å². The van der Waals surface area contributed by atoms with Gasteiger partial charge >= 0.3 is 5.97 Å². The summed E-state index contributed by atoms with van der Waals surface area (Å²) in [7, 11) is -1.61. The van der Waals surface area contributed by atoms with Crippen molar-refractivity contribution in [2.75, 3.05) is 18.6 Å². The monoisotopic (exact) mass is 429 g/mol. The highest BCUT2D eigenvalue weighted by molar-refractivity contribution is 7.91. The quantitative estimate of drug-likeness (QED) is 0.515. The van der Waals surface area contributed by atoms with E-state index in [0.717, 1.165) is 0 Å². The Hall–Kier alpha value is -3.00. The van der Waals surface area contributed by atoms with Gasteiger partial charge in [-0.1, -0.05) is 42.5 Å². The molecule has 2 aromatic rings. The second kappa shape index (κ2) is 8.79. The molecule has 1 aliphatic heterocycles. The zero-order valence-electron chi connectivity index (χ0n) is 16.8. The SMILES string of the molecule is C[C@@H](OC(=O)c1ccc(C(=O)c2ccccc2)cc1)C(=O)N(C)[C@H]1CCS(=O)(=O)C1. The van der Waals surface area contributed by atoms with Crippen LogP contribution in [0.3, 0.4) is 0 Å². The third-order valence-electron chi connectivity index (χ3n) is 5.15. The van der Waals surface area contributed by atoms with Crippen LogP contribution in [0.25, 0.3) is 0 Å². The van der Waals surface area contributed by atoms with Crippen molar-refractivity contribution >= 4 is 27.5 Å². The fourth-order valence-electron chi connectivity index (χ4n) is 3.34. The second-order valence-corrected chi connectivity index (χ2v) is 9.55. The van der Waals surface area contributed by atoms with Crippen molar-refractivity contribution in [2.24, 2.45) is 0 Å². The maximum absolute atomic E-state index is 12.5. The van der Waals surface area contributed by atoms with Crippen LogP contribution in [0.1, 0.15) is 39.6 Å². The van der Waals surface area contributed by atoms with Crippen molar-refractivity contribution in [2.45, 2.75) is 25.5 Å². The van der Waals surface area contributed by atoms with Gasteiger partial charge in [-0.15, -0.1) is 0 Å². The predicted octanol–water partition coefficient (Wildman–Crippen LogP) is 2.11. The number of hydrogen-bond acceptors (Lipinski definition) is 6. The molecular formula is C22H23NO6S. The lowest BCUT2D eigenvalue weighted by Gasteiger charge is -2.26. The number of ether oxygens (including phenoxy) is 1. The fraction of sp³-hybridized carbons (Fsp3) is 0.318. The molecule has 2 aromatic carbocycles. The highest BCUT2D eigenvalue weighted by Crippen LogP contribution is 2.18. The van der Waals surface area contributed by atoms with Crippen LogP contribution in [0.4, 0.5) is 0 Å². The molecule has 0 radical (unpaired) electrons. The molecule has 0 aliphatic carbocycles. The van der Waals surface area contributed by atoms with Crippen molar-refractivity contribution in [3.63, 3.8) is 0 Å². The van der Waals surface area contributed by atoms with Gasteiger partial charge in [0.05, 0.1) is 17.1 Å². The molecule has 158 valence electrons. The molecule has 0 bridgehead atoms.